The molecule has 3 N–H and O–H groups in total. The third kappa shape index (κ3) is 6.58. The van der Waals surface area contributed by atoms with Crippen LogP contribution >= 0.6 is 0 Å². The molecular weight excluding hydrogens is 269 g/mol. The molecule has 0 spiro atoms. The largest absolute Gasteiger partial charge is 0.397 e. The fourth-order valence-electron chi connectivity index (χ4n) is 2.29. The minimum absolute atomic E-state index is 0.0822. The highest BCUT2D eigenvalue weighted by Gasteiger charge is 2.08. The molecule has 0 aliphatic carbocycles. The van der Waals surface area contributed by atoms with Gasteiger partial charge in [-0.15, -0.1) is 0 Å². The first-order valence-electron chi connectivity index (χ1n) is 7.64. The molecule has 1 amide bonds. The molecule has 0 atom stereocenters. The zero-order chi connectivity index (χ0) is 15.7. The zero-order valence-corrected chi connectivity index (χ0v) is 13.0. The van der Waals surface area contributed by atoms with E-state index in [0.717, 1.165) is 38.9 Å². The van der Waals surface area contributed by atoms with E-state index in [-0.39, 0.29) is 11.6 Å². The van der Waals surface area contributed by atoms with Gasteiger partial charge in [-0.1, -0.05) is 13.8 Å². The monoisotopic (exact) mass is 295 g/mol. The molecule has 118 valence electrons. The number of rotatable bonds is 9. The quantitative estimate of drug-likeness (QED) is 0.688. The van der Waals surface area contributed by atoms with Crippen molar-refractivity contribution in [3.63, 3.8) is 0 Å². The third-order valence-electron chi connectivity index (χ3n) is 3.25. The number of carbonyl (C=O) groups excluding carboxylic acids is 1. The molecule has 1 aromatic carbocycles. The summed E-state index contributed by atoms with van der Waals surface area (Å²) in [7, 11) is 0. The molecule has 0 heterocycles. The van der Waals surface area contributed by atoms with Gasteiger partial charge in [-0.2, -0.15) is 0 Å². The van der Waals surface area contributed by atoms with E-state index in [0.29, 0.717) is 12.1 Å². The fourth-order valence-corrected chi connectivity index (χ4v) is 2.29. The van der Waals surface area contributed by atoms with Gasteiger partial charge in [0, 0.05) is 6.42 Å². The smallest absolute Gasteiger partial charge is 0.224 e. The molecular formula is C16H26FN3O. The van der Waals surface area contributed by atoms with Gasteiger partial charge < -0.3 is 16.0 Å². The van der Waals surface area contributed by atoms with E-state index >= 15 is 0 Å². The van der Waals surface area contributed by atoms with Crippen LogP contribution in [0, 0.1) is 5.82 Å². The van der Waals surface area contributed by atoms with Gasteiger partial charge in [0.2, 0.25) is 5.91 Å². The lowest BCUT2D eigenvalue weighted by molar-refractivity contribution is -0.116. The van der Waals surface area contributed by atoms with Crippen molar-refractivity contribution >= 4 is 17.3 Å². The maximum absolute atomic E-state index is 12.9. The standard InChI is InChI=1S/C16H26FN3O/c1-3-9-20(10-4-2)11-5-6-16(21)19-15-8-7-13(17)12-14(15)18/h7-8,12H,3-6,9-11,18H2,1-2H3,(H,19,21). The molecule has 0 aliphatic rings. The summed E-state index contributed by atoms with van der Waals surface area (Å²) in [5, 5.41) is 2.73. The number of hydrogen-bond acceptors (Lipinski definition) is 3. The average molecular weight is 295 g/mol. The highest BCUT2D eigenvalue weighted by atomic mass is 19.1. The second-order valence-corrected chi connectivity index (χ2v) is 5.22. The van der Waals surface area contributed by atoms with E-state index in [9.17, 15) is 9.18 Å². The van der Waals surface area contributed by atoms with E-state index in [1.807, 2.05) is 0 Å². The predicted octanol–water partition coefficient (Wildman–Crippen LogP) is 3.25. The Kier molecular flexibility index (Phi) is 7.75. The maximum Gasteiger partial charge on any atom is 0.224 e. The van der Waals surface area contributed by atoms with E-state index in [2.05, 4.69) is 24.1 Å². The van der Waals surface area contributed by atoms with Crippen molar-refractivity contribution in [2.24, 2.45) is 0 Å². The van der Waals surface area contributed by atoms with E-state index in [1.165, 1.54) is 18.2 Å². The van der Waals surface area contributed by atoms with Gasteiger partial charge in [0.05, 0.1) is 11.4 Å². The van der Waals surface area contributed by atoms with E-state index in [1.54, 1.807) is 0 Å². The van der Waals surface area contributed by atoms with Crippen molar-refractivity contribution in [3.05, 3.63) is 24.0 Å². The molecule has 21 heavy (non-hydrogen) atoms. The lowest BCUT2D eigenvalue weighted by Crippen LogP contribution is -2.27. The number of hydrogen-bond donors (Lipinski definition) is 2. The van der Waals surface area contributed by atoms with Crippen LogP contribution in [0.2, 0.25) is 0 Å². The fraction of sp³-hybridized carbons (Fsp3) is 0.562. The van der Waals surface area contributed by atoms with E-state index in [4.69, 9.17) is 5.73 Å². The number of benzene rings is 1. The Balaban J connectivity index is 2.36. The number of nitrogens with two attached hydrogens (primary N) is 1. The highest BCUT2D eigenvalue weighted by molar-refractivity contribution is 5.93. The van der Waals surface area contributed by atoms with Crippen LogP contribution in [-0.2, 0) is 4.79 Å². The van der Waals surface area contributed by atoms with Gasteiger partial charge in [-0.25, -0.2) is 4.39 Å². The lowest BCUT2D eigenvalue weighted by Gasteiger charge is -2.20. The van der Waals surface area contributed by atoms with Crippen LogP contribution in [0.3, 0.4) is 0 Å². The summed E-state index contributed by atoms with van der Waals surface area (Å²) in [4.78, 5) is 14.2. The van der Waals surface area contributed by atoms with Gasteiger partial charge in [0.1, 0.15) is 5.82 Å². The first-order chi connectivity index (χ1) is 10.1. The first kappa shape index (κ1) is 17.4. The number of anilines is 2. The predicted molar refractivity (Wildman–Crippen MR) is 85.7 cm³/mol. The molecule has 4 nitrogen and oxygen atoms in total. The van der Waals surface area contributed by atoms with Crippen LogP contribution in [0.25, 0.3) is 0 Å². The summed E-state index contributed by atoms with van der Waals surface area (Å²) < 4.78 is 12.9. The van der Waals surface area contributed by atoms with Crippen LogP contribution < -0.4 is 11.1 Å². The van der Waals surface area contributed by atoms with Gasteiger partial charge in [0.15, 0.2) is 0 Å². The molecule has 0 bridgehead atoms. The van der Waals surface area contributed by atoms with Gasteiger partial charge in [-0.3, -0.25) is 4.79 Å². The van der Waals surface area contributed by atoms with Crippen LogP contribution in [-0.4, -0.2) is 30.4 Å². The van der Waals surface area contributed by atoms with Crippen molar-refractivity contribution in [1.29, 1.82) is 0 Å². The summed E-state index contributed by atoms with van der Waals surface area (Å²) in [6, 6.07) is 3.99. The van der Waals surface area contributed by atoms with Crippen molar-refractivity contribution in [2.75, 3.05) is 30.7 Å². The number of halogens is 1. The third-order valence-corrected chi connectivity index (χ3v) is 3.25. The number of nitrogens with zero attached hydrogens (tertiary/aromatic N) is 1. The van der Waals surface area contributed by atoms with Crippen molar-refractivity contribution < 1.29 is 9.18 Å². The number of nitrogens with one attached hydrogen (secondary N) is 1. The average Bonchev–Trinajstić information content (AvgIpc) is 2.42. The Bertz CT molecular complexity index is 445. The molecule has 0 fully saturated rings. The number of amides is 1. The molecule has 0 radical (unpaired) electrons. The summed E-state index contributed by atoms with van der Waals surface area (Å²) in [5.74, 6) is -0.485. The molecule has 5 heteroatoms. The summed E-state index contributed by atoms with van der Waals surface area (Å²) >= 11 is 0. The maximum atomic E-state index is 12.9. The van der Waals surface area contributed by atoms with Crippen molar-refractivity contribution in [2.45, 2.75) is 39.5 Å². The van der Waals surface area contributed by atoms with Gasteiger partial charge in [0.25, 0.3) is 0 Å². The van der Waals surface area contributed by atoms with Crippen LogP contribution in [0.1, 0.15) is 39.5 Å². The number of carbonyl (C=O) groups is 1. The molecule has 1 rings (SSSR count). The Morgan fingerprint density at radius 3 is 2.48 bits per heavy atom. The highest BCUT2D eigenvalue weighted by Crippen LogP contribution is 2.19. The zero-order valence-electron chi connectivity index (χ0n) is 13.0. The molecule has 0 aromatic heterocycles. The lowest BCUT2D eigenvalue weighted by atomic mass is 10.2. The number of nitrogen functional groups attached to an aromatic ring is 1. The Hall–Kier alpha value is -1.62. The summed E-state index contributed by atoms with van der Waals surface area (Å²) in [5.41, 5.74) is 6.39. The van der Waals surface area contributed by atoms with Crippen LogP contribution in [0.15, 0.2) is 18.2 Å². The molecule has 0 saturated heterocycles. The summed E-state index contributed by atoms with van der Waals surface area (Å²) in [6.07, 6.45) is 3.50. The van der Waals surface area contributed by atoms with E-state index < -0.39 is 5.82 Å². The summed E-state index contributed by atoms with van der Waals surface area (Å²) in [6.45, 7) is 7.38. The Morgan fingerprint density at radius 2 is 1.90 bits per heavy atom. The second-order valence-electron chi connectivity index (χ2n) is 5.22. The topological polar surface area (TPSA) is 58.4 Å². The van der Waals surface area contributed by atoms with Crippen molar-refractivity contribution in [1.82, 2.24) is 4.90 Å². The molecule has 0 unspecified atom stereocenters. The molecule has 1 aromatic rings. The second kappa shape index (κ2) is 9.34. The minimum atomic E-state index is -0.403. The van der Waals surface area contributed by atoms with Crippen LogP contribution in [0.4, 0.5) is 15.8 Å². The molecule has 0 saturated carbocycles. The van der Waals surface area contributed by atoms with Gasteiger partial charge in [-0.05, 0) is 57.1 Å². The van der Waals surface area contributed by atoms with Crippen molar-refractivity contribution in [3.8, 4) is 0 Å². The molecule has 0 aliphatic heterocycles. The van der Waals surface area contributed by atoms with Crippen LogP contribution in [0.5, 0.6) is 0 Å². The normalized spacial score (nSPS) is 10.9. The minimum Gasteiger partial charge on any atom is -0.397 e. The van der Waals surface area contributed by atoms with Gasteiger partial charge >= 0.3 is 0 Å². The Labute approximate surface area is 126 Å². The Morgan fingerprint density at radius 1 is 1.24 bits per heavy atom. The SMILES string of the molecule is CCCN(CCC)CCCC(=O)Nc1ccc(F)cc1N. The first-order valence-corrected chi connectivity index (χ1v) is 7.64.